The van der Waals surface area contributed by atoms with Gasteiger partial charge in [0.15, 0.2) is 0 Å². The van der Waals surface area contributed by atoms with E-state index in [0.717, 1.165) is 37.9 Å². The second kappa shape index (κ2) is 8.70. The van der Waals surface area contributed by atoms with Gasteiger partial charge in [0.25, 0.3) is 0 Å². The van der Waals surface area contributed by atoms with Gasteiger partial charge in [0.1, 0.15) is 10.7 Å². The summed E-state index contributed by atoms with van der Waals surface area (Å²) in [4.78, 5) is 15.1. The van der Waals surface area contributed by atoms with Crippen molar-refractivity contribution in [1.29, 1.82) is 0 Å². The van der Waals surface area contributed by atoms with Crippen LogP contribution in [0.2, 0.25) is 0 Å². The average molecular weight is 457 g/mol. The molecule has 1 fully saturated rings. The molecule has 0 N–H and O–H groups in total. The van der Waals surface area contributed by atoms with Crippen molar-refractivity contribution in [2.75, 3.05) is 18.0 Å². The molecule has 1 unspecified atom stereocenters. The Morgan fingerprint density at radius 3 is 2.53 bits per heavy atom. The fraction of sp³-hybridized carbons (Fsp3) is 0.400. The molecule has 1 aromatic heterocycles. The zero-order valence-electron chi connectivity index (χ0n) is 18.8. The molecule has 4 rings (SSSR count). The number of pyridine rings is 1. The first-order valence-electron chi connectivity index (χ1n) is 11.2. The fourth-order valence-corrected chi connectivity index (χ4v) is 5.85. The number of aromatic nitrogens is 1. The minimum atomic E-state index is -4.04. The Morgan fingerprint density at radius 2 is 1.88 bits per heavy atom. The number of sulfone groups is 1. The van der Waals surface area contributed by atoms with Gasteiger partial charge in [-0.1, -0.05) is 31.5 Å². The van der Waals surface area contributed by atoms with Crippen molar-refractivity contribution >= 4 is 26.4 Å². The van der Waals surface area contributed by atoms with Crippen molar-refractivity contribution < 1.29 is 12.8 Å². The highest BCUT2D eigenvalue weighted by atomic mass is 32.2. The summed E-state index contributed by atoms with van der Waals surface area (Å²) in [5, 5.41) is 0.0953. The smallest absolute Gasteiger partial charge is 0.211 e. The van der Waals surface area contributed by atoms with Gasteiger partial charge >= 0.3 is 0 Å². The van der Waals surface area contributed by atoms with E-state index in [2.05, 4.69) is 6.92 Å². The van der Waals surface area contributed by atoms with Gasteiger partial charge < -0.3 is 9.47 Å². The van der Waals surface area contributed by atoms with Gasteiger partial charge in [-0.25, -0.2) is 12.8 Å². The van der Waals surface area contributed by atoms with E-state index >= 15 is 4.39 Å². The largest absolute Gasteiger partial charge is 0.369 e. The van der Waals surface area contributed by atoms with E-state index < -0.39 is 21.1 Å². The molecular weight excluding hydrogens is 427 g/mol. The molecule has 0 spiro atoms. The minimum absolute atomic E-state index is 0.0574. The first-order chi connectivity index (χ1) is 15.2. The number of hydrogen-bond acceptors (Lipinski definition) is 4. The molecule has 0 aliphatic carbocycles. The third kappa shape index (κ3) is 4.06. The van der Waals surface area contributed by atoms with Gasteiger partial charge in [-0.05, 0) is 56.4 Å². The number of halogens is 1. The molecule has 1 aliphatic rings. The Labute approximate surface area is 188 Å². The molecule has 1 atom stereocenters. The normalized spacial score (nSPS) is 17.1. The van der Waals surface area contributed by atoms with Crippen LogP contribution in [0.25, 0.3) is 10.9 Å². The third-order valence-electron chi connectivity index (χ3n) is 6.20. The van der Waals surface area contributed by atoms with Crippen LogP contribution < -0.4 is 10.3 Å². The van der Waals surface area contributed by atoms with Crippen LogP contribution in [0.1, 0.15) is 38.7 Å². The van der Waals surface area contributed by atoms with Crippen molar-refractivity contribution in [1.82, 2.24) is 4.57 Å². The lowest BCUT2D eigenvalue weighted by molar-refractivity contribution is 0.442. The van der Waals surface area contributed by atoms with E-state index in [1.54, 1.807) is 22.8 Å². The van der Waals surface area contributed by atoms with Crippen LogP contribution >= 0.6 is 0 Å². The van der Waals surface area contributed by atoms with Crippen molar-refractivity contribution in [2.24, 2.45) is 5.92 Å². The molecule has 5 nitrogen and oxygen atoms in total. The number of hydrogen-bond donors (Lipinski definition) is 0. The zero-order valence-corrected chi connectivity index (χ0v) is 19.6. The van der Waals surface area contributed by atoms with Gasteiger partial charge in [-0.2, -0.15) is 0 Å². The molecular formula is C25H29FN2O3S. The van der Waals surface area contributed by atoms with E-state index in [1.807, 2.05) is 18.7 Å². The molecule has 2 heterocycles. The number of fused-ring (bicyclic) bond motifs is 1. The van der Waals surface area contributed by atoms with Crippen LogP contribution in [0.5, 0.6) is 0 Å². The summed E-state index contributed by atoms with van der Waals surface area (Å²) in [6.07, 6.45) is 4.28. The summed E-state index contributed by atoms with van der Waals surface area (Å²) in [6, 6.07) is 9.32. The van der Waals surface area contributed by atoms with Crippen LogP contribution in [-0.4, -0.2) is 26.1 Å². The van der Waals surface area contributed by atoms with Crippen LogP contribution in [0, 0.1) is 18.7 Å². The maximum Gasteiger partial charge on any atom is 0.211 e. The quantitative estimate of drug-likeness (QED) is 0.546. The maximum absolute atomic E-state index is 15.2. The minimum Gasteiger partial charge on any atom is -0.369 e. The molecule has 2 aromatic carbocycles. The van der Waals surface area contributed by atoms with Gasteiger partial charge in [0.2, 0.25) is 15.3 Å². The van der Waals surface area contributed by atoms with E-state index in [1.165, 1.54) is 24.4 Å². The van der Waals surface area contributed by atoms with Gasteiger partial charge in [-0.3, -0.25) is 4.79 Å². The van der Waals surface area contributed by atoms with Gasteiger partial charge in [0.05, 0.1) is 21.5 Å². The molecule has 0 amide bonds. The van der Waals surface area contributed by atoms with Gasteiger partial charge in [-0.15, -0.1) is 0 Å². The average Bonchev–Trinajstić information content (AvgIpc) is 2.75. The second-order valence-corrected chi connectivity index (χ2v) is 10.8. The molecule has 0 saturated carbocycles. The summed E-state index contributed by atoms with van der Waals surface area (Å²) in [5.74, 6) is -0.0182. The lowest BCUT2D eigenvalue weighted by atomic mass is 9.99. The monoisotopic (exact) mass is 456 g/mol. The van der Waals surface area contributed by atoms with Crippen molar-refractivity contribution in [2.45, 2.75) is 56.4 Å². The first-order valence-corrected chi connectivity index (χ1v) is 12.6. The Hall–Kier alpha value is -2.67. The topological polar surface area (TPSA) is 59.4 Å². The zero-order chi connectivity index (χ0) is 23.0. The lowest BCUT2D eigenvalue weighted by Gasteiger charge is -2.33. The molecule has 0 bridgehead atoms. The maximum atomic E-state index is 15.2. The molecule has 7 heteroatoms. The summed E-state index contributed by atoms with van der Waals surface area (Å²) >= 11 is 0. The van der Waals surface area contributed by atoms with E-state index in [0.29, 0.717) is 23.7 Å². The molecule has 3 aromatic rings. The second-order valence-electron chi connectivity index (χ2n) is 8.85. The van der Waals surface area contributed by atoms with E-state index in [9.17, 15) is 13.2 Å². The van der Waals surface area contributed by atoms with Crippen LogP contribution in [0.4, 0.5) is 10.1 Å². The Morgan fingerprint density at radius 1 is 1.16 bits per heavy atom. The number of anilines is 1. The first kappa shape index (κ1) is 22.5. The predicted molar refractivity (Wildman–Crippen MR) is 126 cm³/mol. The molecule has 32 heavy (non-hydrogen) atoms. The Kier molecular flexibility index (Phi) is 6.12. The summed E-state index contributed by atoms with van der Waals surface area (Å²) in [7, 11) is -4.04. The highest BCUT2D eigenvalue weighted by Gasteiger charge is 2.26. The van der Waals surface area contributed by atoms with Crippen molar-refractivity contribution in [3.63, 3.8) is 0 Å². The molecule has 1 saturated heterocycles. The van der Waals surface area contributed by atoms with Gasteiger partial charge in [0, 0.05) is 25.8 Å². The van der Waals surface area contributed by atoms with E-state index in [-0.39, 0.29) is 15.2 Å². The predicted octanol–water partition coefficient (Wildman–Crippen LogP) is 4.93. The van der Waals surface area contributed by atoms with Crippen LogP contribution in [0.15, 0.2) is 57.2 Å². The number of piperidine rings is 1. The lowest BCUT2D eigenvalue weighted by Crippen LogP contribution is -2.35. The Bertz CT molecular complexity index is 1310. The summed E-state index contributed by atoms with van der Waals surface area (Å²) in [5.41, 5.74) is 1.30. The summed E-state index contributed by atoms with van der Waals surface area (Å²) in [6.45, 7) is 8.05. The molecule has 170 valence electrons. The molecule has 1 aliphatic heterocycles. The van der Waals surface area contributed by atoms with Crippen LogP contribution in [-0.2, 0) is 16.4 Å². The number of rotatable bonds is 5. The van der Waals surface area contributed by atoms with Crippen LogP contribution in [0.3, 0.4) is 0 Å². The fourth-order valence-electron chi connectivity index (χ4n) is 4.48. The number of nitrogens with zero attached hydrogens (tertiary/aromatic N) is 2. The standard InChI is InChI=1S/C25H29FN2O3S/c1-4-11-27-16-24(32(30,31)19-9-7-17(2)8-10-19)25(29)20-13-21(26)23(14-22(20)27)28-12-5-6-18(3)15-28/h7-10,13-14,16,18H,4-6,11-12,15H2,1-3H3. The summed E-state index contributed by atoms with van der Waals surface area (Å²) < 4.78 is 43.5. The van der Waals surface area contributed by atoms with Crippen molar-refractivity contribution in [3.05, 3.63) is 64.2 Å². The third-order valence-corrected chi connectivity index (χ3v) is 7.96. The van der Waals surface area contributed by atoms with E-state index in [4.69, 9.17) is 0 Å². The molecule has 0 radical (unpaired) electrons. The number of benzene rings is 2. The highest BCUT2D eigenvalue weighted by Crippen LogP contribution is 2.30. The number of aryl methyl sites for hydroxylation is 2. The Balaban J connectivity index is 1.92. The SMILES string of the molecule is CCCn1cc(S(=O)(=O)c2ccc(C)cc2)c(=O)c2cc(F)c(N3CCCC(C)C3)cc21. The van der Waals surface area contributed by atoms with Crippen molar-refractivity contribution in [3.8, 4) is 0 Å². The highest BCUT2D eigenvalue weighted by molar-refractivity contribution is 7.91.